The van der Waals surface area contributed by atoms with Gasteiger partial charge in [-0.25, -0.2) is 0 Å². The van der Waals surface area contributed by atoms with Gasteiger partial charge in [0.25, 0.3) is 0 Å². The lowest BCUT2D eigenvalue weighted by Crippen LogP contribution is -2.05. The van der Waals surface area contributed by atoms with E-state index in [0.29, 0.717) is 33.4 Å². The predicted molar refractivity (Wildman–Crippen MR) is 432 cm³/mol. The average molecular weight is 1420 g/mol. The zero-order valence-electron chi connectivity index (χ0n) is 60.7. The van der Waals surface area contributed by atoms with Crippen LogP contribution < -0.4 is 0 Å². The van der Waals surface area contributed by atoms with Crippen LogP contribution in [0.3, 0.4) is 0 Å². The minimum Gasteiger partial charge on any atom is -0.300 e. The van der Waals surface area contributed by atoms with Crippen LogP contribution in [0.4, 0.5) is 0 Å². The second-order valence-corrected chi connectivity index (χ2v) is 27.0. The van der Waals surface area contributed by atoms with Crippen molar-refractivity contribution in [2.24, 2.45) is 0 Å². The lowest BCUT2D eigenvalue weighted by Gasteiger charge is -2.13. The monoisotopic (exact) mass is 1420 g/mol. The van der Waals surface area contributed by atoms with E-state index in [2.05, 4.69) is 72.8 Å². The second-order valence-electron chi connectivity index (χ2n) is 27.0. The fraction of sp³-hybridized carbons (Fsp3) is 0.125. The Morgan fingerprint density at radius 2 is 0.481 bits per heavy atom. The number of hydrogen-bond donors (Lipinski definition) is 0. The third-order valence-electron chi connectivity index (χ3n) is 18.5. The van der Waals surface area contributed by atoms with Gasteiger partial charge in [-0.3, -0.25) is 57.5 Å². The van der Waals surface area contributed by atoms with E-state index < -0.39 is 0 Å². The van der Waals surface area contributed by atoms with Gasteiger partial charge < -0.3 is 0 Å². The molecule has 12 heteroatoms. The highest BCUT2D eigenvalue weighted by atomic mass is 16.2. The van der Waals surface area contributed by atoms with E-state index >= 15 is 0 Å². The first-order valence-corrected chi connectivity index (χ1v) is 35.4. The van der Waals surface area contributed by atoms with Gasteiger partial charge in [0.2, 0.25) is 0 Å². The topological polar surface area (TPSA) is 205 Å². The Morgan fingerprint density at radius 1 is 0.194 bits per heavy atom. The maximum absolute atomic E-state index is 12.4. The first-order valence-electron chi connectivity index (χ1n) is 35.4. The molecule has 0 radical (unpaired) electrons. The molecule has 0 fully saturated rings. The number of carbonyl (C=O) groups is 12. The second kappa shape index (κ2) is 34.5. The van der Waals surface area contributed by atoms with Crippen LogP contribution in [0.25, 0.3) is 108 Å². The smallest absolute Gasteiger partial charge is 0.170 e. The Morgan fingerprint density at radius 3 is 0.963 bits per heavy atom. The SMILES string of the molecule is CC(=O)CC(=O)c1ccc(-c2ccccc2-c2ccc(C(=O)CC(C)=O)cc2)cc1.CC(=O)CC(=O)c1ccc2c(ccc3ccccc32)c1.CC(=O)CC(=O)c1ccc2ccc3cccc4ccc1c2c34.CC(=O)CC(=O)c1ccc2ccc3ccccc3c2c1.CC(=O)CC(=O)c1ccc2ccccc2c1. The third kappa shape index (κ3) is 18.6. The number of rotatable bonds is 20. The fourth-order valence-corrected chi connectivity index (χ4v) is 13.3. The molecule has 0 atom stereocenters. The minimum absolute atomic E-state index is 0.0155. The summed E-state index contributed by atoms with van der Waals surface area (Å²) in [6.07, 6.45) is -0.299. The van der Waals surface area contributed by atoms with Crippen molar-refractivity contribution in [2.75, 3.05) is 0 Å². The summed E-state index contributed by atoms with van der Waals surface area (Å²) in [5.41, 5.74) is 7.35. The molecule has 0 aliphatic carbocycles. The molecule has 0 unspecified atom stereocenters. The van der Waals surface area contributed by atoms with Crippen molar-refractivity contribution in [3.8, 4) is 22.3 Å². The van der Waals surface area contributed by atoms with Crippen molar-refractivity contribution < 1.29 is 57.5 Å². The first kappa shape index (κ1) is 75.8. The highest BCUT2D eigenvalue weighted by Gasteiger charge is 2.19. The van der Waals surface area contributed by atoms with Crippen LogP contribution in [-0.4, -0.2) is 69.4 Å². The molecular formula is C96H76O12. The summed E-state index contributed by atoms with van der Waals surface area (Å²) in [6, 6.07) is 89.7. The van der Waals surface area contributed by atoms with Gasteiger partial charge in [-0.15, -0.1) is 0 Å². The Labute approximate surface area is 624 Å². The number of benzene rings is 15. The van der Waals surface area contributed by atoms with Crippen LogP contribution in [0.1, 0.15) is 142 Å². The molecule has 0 spiro atoms. The molecule has 0 amide bonds. The van der Waals surface area contributed by atoms with Gasteiger partial charge in [0.1, 0.15) is 34.7 Å². The number of hydrogen-bond acceptors (Lipinski definition) is 12. The maximum Gasteiger partial charge on any atom is 0.170 e. The predicted octanol–water partition coefficient (Wildman–Crippen LogP) is 21.4. The molecule has 15 aromatic carbocycles. The minimum atomic E-state index is -0.187. The van der Waals surface area contributed by atoms with Crippen molar-refractivity contribution in [1.29, 1.82) is 0 Å². The quantitative estimate of drug-likeness (QED) is 0.0397. The van der Waals surface area contributed by atoms with E-state index in [1.165, 1.54) is 68.5 Å². The molecule has 108 heavy (non-hydrogen) atoms. The molecule has 0 bridgehead atoms. The maximum atomic E-state index is 12.4. The summed E-state index contributed by atoms with van der Waals surface area (Å²) in [6.45, 7) is 8.57. The number of ketones is 12. The molecule has 0 heterocycles. The van der Waals surface area contributed by atoms with Crippen molar-refractivity contribution in [2.45, 2.75) is 80.1 Å². The summed E-state index contributed by atoms with van der Waals surface area (Å²) >= 11 is 0. The van der Waals surface area contributed by atoms with Crippen molar-refractivity contribution in [3.63, 3.8) is 0 Å². The molecule has 0 N–H and O–H groups in total. The van der Waals surface area contributed by atoms with E-state index in [9.17, 15) is 57.5 Å². The van der Waals surface area contributed by atoms with Gasteiger partial charge in [0.15, 0.2) is 34.7 Å². The zero-order valence-corrected chi connectivity index (χ0v) is 60.7. The lowest BCUT2D eigenvalue weighted by molar-refractivity contribution is -0.117. The standard InChI is InChI=1S/C26H22O4.C20H14O2.2C18H14O2.C14H12O2/c1-17(27)15-25(29)21-11-7-19(8-12-21)23-5-3-4-6-24(23)20-9-13-22(14-10-20)26(30)16-18(2)28;1-12(21)11-18(22)16-9-7-15-6-5-13-3-2-4-14-8-10-17(16)20(15)19(13)14;1-12(19)10-18(20)15-8-9-17-14(11-15)7-6-13-4-2-3-5-16(13)17;1-12(19)10-18(20)15-9-8-14-7-6-13-4-2-3-5-16(13)17(14)11-15;1-10(15)8-14(16)13-7-6-11-4-2-3-5-12(11)9-13/h3-14H,15-16H2,1-2H3;2-10H,11H2,1H3;2*2-9,11H,10H2,1H3;2-7,9H,8H2,1H3. The van der Waals surface area contributed by atoms with Crippen LogP contribution in [0.15, 0.2) is 279 Å². The van der Waals surface area contributed by atoms with Crippen LogP contribution in [-0.2, 0) is 28.8 Å². The molecule has 0 aliphatic heterocycles. The first-order chi connectivity index (χ1) is 52.0. The van der Waals surface area contributed by atoms with Crippen LogP contribution in [0.2, 0.25) is 0 Å². The van der Waals surface area contributed by atoms with E-state index in [4.69, 9.17) is 0 Å². The van der Waals surface area contributed by atoms with E-state index in [1.54, 1.807) is 42.5 Å². The van der Waals surface area contributed by atoms with Gasteiger partial charge in [0.05, 0.1) is 38.5 Å². The van der Waals surface area contributed by atoms with Gasteiger partial charge in [0, 0.05) is 33.4 Å². The average Bonchev–Trinajstić information content (AvgIpc) is 0.730. The van der Waals surface area contributed by atoms with Crippen molar-refractivity contribution in [1.82, 2.24) is 0 Å². The normalized spacial score (nSPS) is 10.8. The van der Waals surface area contributed by atoms with Crippen LogP contribution in [0, 0.1) is 0 Å². The molecule has 15 rings (SSSR count). The fourth-order valence-electron chi connectivity index (χ4n) is 13.3. The number of Topliss-reactive ketones (excluding diaryl/α,β-unsaturated/α-hetero) is 12. The Hall–Kier alpha value is -13.3. The zero-order chi connectivity index (χ0) is 76.7. The van der Waals surface area contributed by atoms with Crippen LogP contribution in [0.5, 0.6) is 0 Å². The number of carbonyl (C=O) groups excluding carboxylic acids is 12. The molecular weight excluding hydrogens is 1350 g/mol. The lowest BCUT2D eigenvalue weighted by atomic mass is 9.90. The van der Waals surface area contributed by atoms with E-state index in [-0.39, 0.29) is 108 Å². The Bertz CT molecular complexity index is 5970. The molecule has 12 nitrogen and oxygen atoms in total. The van der Waals surface area contributed by atoms with Crippen molar-refractivity contribution in [3.05, 3.63) is 312 Å². The Balaban J connectivity index is 0.000000136. The molecule has 0 saturated heterocycles. The summed E-state index contributed by atoms with van der Waals surface area (Å²) in [5.74, 6) is -1.54. The molecule has 0 aliphatic rings. The highest BCUT2D eigenvalue weighted by molar-refractivity contribution is 6.28. The third-order valence-corrected chi connectivity index (χ3v) is 18.5. The highest BCUT2D eigenvalue weighted by Crippen LogP contribution is 2.38. The van der Waals surface area contributed by atoms with E-state index in [0.717, 1.165) is 81.5 Å². The number of fused-ring (bicyclic) bond motifs is 7. The Kier molecular flexibility index (Phi) is 24.2. The molecule has 0 aromatic heterocycles. The summed E-state index contributed by atoms with van der Waals surface area (Å²) in [4.78, 5) is 139. The molecule has 532 valence electrons. The molecule has 15 aromatic rings. The summed E-state index contributed by atoms with van der Waals surface area (Å²) in [7, 11) is 0. The summed E-state index contributed by atoms with van der Waals surface area (Å²) in [5, 5.41) is 17.8. The summed E-state index contributed by atoms with van der Waals surface area (Å²) < 4.78 is 0. The van der Waals surface area contributed by atoms with Crippen LogP contribution >= 0.6 is 0 Å². The molecule has 0 saturated carbocycles. The van der Waals surface area contributed by atoms with Crippen molar-refractivity contribution >= 4 is 156 Å². The van der Waals surface area contributed by atoms with Gasteiger partial charge in [-0.1, -0.05) is 261 Å². The van der Waals surface area contributed by atoms with Gasteiger partial charge in [-0.05, 0) is 168 Å². The van der Waals surface area contributed by atoms with E-state index in [1.807, 2.05) is 164 Å². The van der Waals surface area contributed by atoms with Gasteiger partial charge in [-0.2, -0.15) is 0 Å². The van der Waals surface area contributed by atoms with Gasteiger partial charge >= 0.3 is 0 Å². The largest absolute Gasteiger partial charge is 0.300 e.